The first-order chi connectivity index (χ1) is 8.08. The Morgan fingerprint density at radius 1 is 1.00 bits per heavy atom. The van der Waals surface area contributed by atoms with E-state index < -0.39 is 0 Å². The molecule has 108 valence electrons. The minimum atomic E-state index is 0.451. The van der Waals surface area contributed by atoms with Crippen molar-refractivity contribution in [1.29, 1.82) is 0 Å². The number of rotatable bonds is 9. The molecular weight excluding hydrogens is 236 g/mol. The first kappa shape index (κ1) is 18.1. The zero-order valence-corrected chi connectivity index (χ0v) is 14.5. The first-order valence-corrected chi connectivity index (χ1v) is 8.30. The van der Waals surface area contributed by atoms with Crippen LogP contribution in [0.3, 0.4) is 0 Å². The molecule has 0 bridgehead atoms. The second-order valence-electron chi connectivity index (χ2n) is 7.39. The van der Waals surface area contributed by atoms with Gasteiger partial charge >= 0.3 is 0 Å². The molecule has 0 atom stereocenters. The van der Waals surface area contributed by atoms with Crippen molar-refractivity contribution in [3.63, 3.8) is 0 Å². The maximum absolute atomic E-state index is 4.19. The van der Waals surface area contributed by atoms with Crippen LogP contribution in [0, 0.1) is 10.8 Å². The summed E-state index contributed by atoms with van der Waals surface area (Å²) in [6.07, 6.45) is 6.38. The smallest absolute Gasteiger partial charge is 0.00343 e. The lowest BCUT2D eigenvalue weighted by atomic mass is 9.76. The summed E-state index contributed by atoms with van der Waals surface area (Å²) in [5, 5.41) is 0.666. The summed E-state index contributed by atoms with van der Waals surface area (Å²) in [6.45, 7) is 20.6. The molecule has 0 amide bonds. The molecule has 18 heavy (non-hydrogen) atoms. The van der Waals surface area contributed by atoms with Gasteiger partial charge in [-0.05, 0) is 41.4 Å². The van der Waals surface area contributed by atoms with E-state index in [2.05, 4.69) is 55.0 Å². The number of hydrogen-bond acceptors (Lipinski definition) is 1. The van der Waals surface area contributed by atoms with Gasteiger partial charge in [0.05, 0.1) is 0 Å². The molecule has 0 heterocycles. The summed E-state index contributed by atoms with van der Waals surface area (Å²) in [4.78, 5) is 1.35. The molecule has 0 aliphatic heterocycles. The maximum Gasteiger partial charge on any atom is 0.00343 e. The molecule has 0 spiro atoms. The largest absolute Gasteiger partial charge is 0.128 e. The summed E-state index contributed by atoms with van der Waals surface area (Å²) in [5.74, 6) is 0. The summed E-state index contributed by atoms with van der Waals surface area (Å²) in [7, 11) is 0. The van der Waals surface area contributed by atoms with E-state index in [4.69, 9.17) is 0 Å². The van der Waals surface area contributed by atoms with Gasteiger partial charge in [0.15, 0.2) is 0 Å². The third kappa shape index (κ3) is 9.08. The van der Waals surface area contributed by atoms with Gasteiger partial charge in [0, 0.05) is 5.25 Å². The minimum Gasteiger partial charge on any atom is -0.128 e. The molecule has 0 aliphatic rings. The van der Waals surface area contributed by atoms with E-state index in [0.717, 1.165) is 0 Å². The van der Waals surface area contributed by atoms with E-state index in [0.29, 0.717) is 16.1 Å². The van der Waals surface area contributed by atoms with Crippen LogP contribution in [-0.2, 0) is 0 Å². The molecule has 0 aromatic rings. The summed E-state index contributed by atoms with van der Waals surface area (Å²) in [6, 6.07) is 0. The van der Waals surface area contributed by atoms with E-state index in [1.165, 1.54) is 37.0 Å². The summed E-state index contributed by atoms with van der Waals surface area (Å²) >= 11 is 1.93. The van der Waals surface area contributed by atoms with Gasteiger partial charge in [0.2, 0.25) is 0 Å². The van der Waals surface area contributed by atoms with Crippen LogP contribution in [0.5, 0.6) is 0 Å². The fourth-order valence-corrected chi connectivity index (χ4v) is 2.74. The van der Waals surface area contributed by atoms with E-state index in [1.807, 2.05) is 11.8 Å². The van der Waals surface area contributed by atoms with E-state index >= 15 is 0 Å². The lowest BCUT2D eigenvalue weighted by molar-refractivity contribution is 0.223. The second-order valence-corrected chi connectivity index (χ2v) is 9.14. The molecule has 0 N–H and O–H groups in total. The van der Waals surface area contributed by atoms with Gasteiger partial charge in [0.25, 0.3) is 0 Å². The third-order valence-electron chi connectivity index (χ3n) is 3.92. The molecule has 0 aromatic carbocycles. The van der Waals surface area contributed by atoms with E-state index in [9.17, 15) is 0 Å². The SMILES string of the molecule is C=C(CCC(C)(C)CCC(C)(C)CC)SC(C)C. The highest BCUT2D eigenvalue weighted by Gasteiger charge is 2.23. The lowest BCUT2D eigenvalue weighted by Gasteiger charge is -2.31. The van der Waals surface area contributed by atoms with Crippen molar-refractivity contribution in [3.8, 4) is 0 Å². The van der Waals surface area contributed by atoms with Crippen molar-refractivity contribution in [2.24, 2.45) is 10.8 Å². The molecule has 1 heteroatoms. The Bertz CT molecular complexity index is 248. The van der Waals surface area contributed by atoms with E-state index in [1.54, 1.807) is 0 Å². The van der Waals surface area contributed by atoms with Gasteiger partial charge in [-0.3, -0.25) is 0 Å². The molecular formula is C17H34S. The van der Waals surface area contributed by atoms with Crippen molar-refractivity contribution in [1.82, 2.24) is 0 Å². The topological polar surface area (TPSA) is 0 Å². The highest BCUT2D eigenvalue weighted by Crippen LogP contribution is 2.37. The molecule has 0 nitrogen and oxygen atoms in total. The van der Waals surface area contributed by atoms with Gasteiger partial charge in [-0.25, -0.2) is 0 Å². The van der Waals surface area contributed by atoms with Crippen LogP contribution in [0.4, 0.5) is 0 Å². The number of allylic oxidation sites excluding steroid dienone is 1. The molecule has 0 saturated carbocycles. The normalized spacial score (nSPS) is 13.1. The molecule has 0 rings (SSSR count). The van der Waals surface area contributed by atoms with Gasteiger partial charge in [-0.15, -0.1) is 11.8 Å². The van der Waals surface area contributed by atoms with Gasteiger partial charge < -0.3 is 0 Å². The summed E-state index contributed by atoms with van der Waals surface area (Å²) < 4.78 is 0. The van der Waals surface area contributed by atoms with Crippen molar-refractivity contribution >= 4 is 11.8 Å². The van der Waals surface area contributed by atoms with Crippen LogP contribution < -0.4 is 0 Å². The predicted octanol–water partition coefficient (Wildman–Crippen LogP) is 6.66. The lowest BCUT2D eigenvalue weighted by Crippen LogP contribution is -2.17. The van der Waals surface area contributed by atoms with Crippen LogP contribution >= 0.6 is 11.8 Å². The highest BCUT2D eigenvalue weighted by molar-refractivity contribution is 8.03. The average molecular weight is 271 g/mol. The second kappa shape index (κ2) is 7.62. The Hall–Kier alpha value is 0.0900. The first-order valence-electron chi connectivity index (χ1n) is 7.42. The number of hydrogen-bond donors (Lipinski definition) is 0. The fourth-order valence-electron chi connectivity index (χ4n) is 1.85. The van der Waals surface area contributed by atoms with Crippen LogP contribution in [-0.4, -0.2) is 5.25 Å². The number of thioether (sulfide) groups is 1. The quantitative estimate of drug-likeness (QED) is 0.451. The van der Waals surface area contributed by atoms with Crippen LogP contribution in [0.25, 0.3) is 0 Å². The maximum atomic E-state index is 4.19. The van der Waals surface area contributed by atoms with Crippen molar-refractivity contribution in [2.75, 3.05) is 0 Å². The van der Waals surface area contributed by atoms with Crippen molar-refractivity contribution in [3.05, 3.63) is 11.5 Å². The van der Waals surface area contributed by atoms with Crippen LogP contribution in [0.1, 0.15) is 80.6 Å². The van der Waals surface area contributed by atoms with Crippen LogP contribution in [0.15, 0.2) is 11.5 Å². The van der Waals surface area contributed by atoms with Gasteiger partial charge in [-0.1, -0.05) is 61.5 Å². The summed E-state index contributed by atoms with van der Waals surface area (Å²) in [5.41, 5.74) is 0.952. The van der Waals surface area contributed by atoms with Crippen molar-refractivity contribution < 1.29 is 0 Å². The Morgan fingerprint density at radius 3 is 1.94 bits per heavy atom. The average Bonchev–Trinajstić information content (AvgIpc) is 2.24. The van der Waals surface area contributed by atoms with Gasteiger partial charge in [0.1, 0.15) is 0 Å². The molecule has 0 aliphatic carbocycles. The zero-order valence-electron chi connectivity index (χ0n) is 13.7. The monoisotopic (exact) mass is 270 g/mol. The van der Waals surface area contributed by atoms with Crippen molar-refractivity contribution in [2.45, 2.75) is 85.8 Å². The Balaban J connectivity index is 4.04. The molecule has 0 unspecified atom stereocenters. The molecule has 0 fully saturated rings. The highest BCUT2D eigenvalue weighted by atomic mass is 32.2. The Kier molecular flexibility index (Phi) is 7.66. The van der Waals surface area contributed by atoms with Gasteiger partial charge in [-0.2, -0.15) is 0 Å². The molecule has 0 radical (unpaired) electrons. The molecule has 0 saturated heterocycles. The van der Waals surface area contributed by atoms with Crippen LogP contribution in [0.2, 0.25) is 0 Å². The van der Waals surface area contributed by atoms with E-state index in [-0.39, 0.29) is 0 Å². The molecule has 0 aromatic heterocycles. The Morgan fingerprint density at radius 2 is 1.50 bits per heavy atom. The zero-order chi connectivity index (χ0) is 14.4. The third-order valence-corrected chi connectivity index (χ3v) is 4.93. The minimum absolute atomic E-state index is 0.451. The fraction of sp³-hybridized carbons (Fsp3) is 0.882. The Labute approximate surface area is 120 Å². The standard InChI is InChI=1S/C17H34S/c1-9-16(5,6)12-13-17(7,8)11-10-15(4)18-14(2)3/h14H,4,9-13H2,1-3,5-8H3. The predicted molar refractivity (Wildman–Crippen MR) is 88.2 cm³/mol.